The van der Waals surface area contributed by atoms with E-state index in [1.165, 1.54) is 6.07 Å². The van der Waals surface area contributed by atoms with Crippen LogP contribution in [0.4, 0.5) is 10.1 Å². The number of methoxy groups -OCH3 is 1. The summed E-state index contributed by atoms with van der Waals surface area (Å²) in [4.78, 5) is 0. The van der Waals surface area contributed by atoms with Crippen molar-refractivity contribution in [1.82, 2.24) is 0 Å². The van der Waals surface area contributed by atoms with E-state index in [-0.39, 0.29) is 5.02 Å². The van der Waals surface area contributed by atoms with E-state index >= 15 is 0 Å². The number of halogens is 4. The highest BCUT2D eigenvalue weighted by atomic mass is 35.5. The maximum Gasteiger partial charge on any atom is 0.161 e. The minimum absolute atomic E-state index is 0.0774. The van der Waals surface area contributed by atoms with Gasteiger partial charge in [0.25, 0.3) is 0 Å². The van der Waals surface area contributed by atoms with E-state index in [0.29, 0.717) is 34.7 Å². The predicted molar refractivity (Wildman–Crippen MR) is 113 cm³/mol. The molecule has 0 aliphatic carbocycles. The molecule has 28 heavy (non-hydrogen) atoms. The second-order valence-corrected chi connectivity index (χ2v) is 7.23. The van der Waals surface area contributed by atoms with Crippen LogP contribution in [0.25, 0.3) is 0 Å². The molecule has 7 heteroatoms. The van der Waals surface area contributed by atoms with E-state index in [0.717, 1.165) is 16.8 Å². The van der Waals surface area contributed by atoms with Crippen molar-refractivity contribution >= 4 is 40.5 Å². The van der Waals surface area contributed by atoms with Gasteiger partial charge in [-0.2, -0.15) is 0 Å². The molecular formula is C21H17Cl3FNO2. The minimum atomic E-state index is -0.447. The molecule has 3 aromatic rings. The first-order valence-electron chi connectivity index (χ1n) is 8.39. The lowest BCUT2D eigenvalue weighted by molar-refractivity contribution is 0.284. The number of hydrogen-bond donors (Lipinski definition) is 1. The van der Waals surface area contributed by atoms with Crippen LogP contribution in [0, 0.1) is 5.82 Å². The zero-order valence-corrected chi connectivity index (χ0v) is 17.2. The molecule has 146 valence electrons. The fraction of sp³-hybridized carbons (Fsp3) is 0.143. The fourth-order valence-corrected chi connectivity index (χ4v) is 3.04. The van der Waals surface area contributed by atoms with E-state index in [9.17, 15) is 4.39 Å². The van der Waals surface area contributed by atoms with E-state index < -0.39 is 5.82 Å². The molecule has 0 aliphatic rings. The Bertz CT molecular complexity index is 982. The third kappa shape index (κ3) is 5.22. The topological polar surface area (TPSA) is 30.5 Å². The van der Waals surface area contributed by atoms with E-state index in [1.54, 1.807) is 31.4 Å². The lowest BCUT2D eigenvalue weighted by Gasteiger charge is -2.13. The van der Waals surface area contributed by atoms with Crippen molar-refractivity contribution in [2.24, 2.45) is 0 Å². The molecule has 3 aromatic carbocycles. The number of benzene rings is 3. The summed E-state index contributed by atoms with van der Waals surface area (Å²) in [6.07, 6.45) is 0. The minimum Gasteiger partial charge on any atom is -0.493 e. The molecule has 0 aromatic heterocycles. The lowest BCUT2D eigenvalue weighted by atomic mass is 10.2. The highest BCUT2D eigenvalue weighted by Gasteiger charge is 2.08. The number of ether oxygens (including phenoxy) is 2. The summed E-state index contributed by atoms with van der Waals surface area (Å²) in [7, 11) is 1.58. The first-order chi connectivity index (χ1) is 13.5. The third-order valence-corrected chi connectivity index (χ3v) is 5.05. The molecule has 0 atom stereocenters. The molecule has 0 spiro atoms. The molecule has 0 fully saturated rings. The second kappa shape index (κ2) is 9.37. The monoisotopic (exact) mass is 439 g/mol. The molecule has 0 saturated carbocycles. The van der Waals surface area contributed by atoms with Crippen molar-refractivity contribution in [2.75, 3.05) is 12.4 Å². The molecule has 3 rings (SSSR count). The van der Waals surface area contributed by atoms with E-state index in [1.807, 2.05) is 24.3 Å². The first kappa shape index (κ1) is 20.6. The molecule has 1 N–H and O–H groups in total. The predicted octanol–water partition coefficient (Wildman–Crippen LogP) is 6.99. The maximum absolute atomic E-state index is 13.2. The fourth-order valence-electron chi connectivity index (χ4n) is 2.54. The molecule has 0 radical (unpaired) electrons. The van der Waals surface area contributed by atoms with Crippen LogP contribution in [0.15, 0.2) is 54.6 Å². The normalized spacial score (nSPS) is 10.6. The van der Waals surface area contributed by atoms with Crippen molar-refractivity contribution in [3.05, 3.63) is 86.6 Å². The maximum atomic E-state index is 13.2. The van der Waals surface area contributed by atoms with Gasteiger partial charge in [0.2, 0.25) is 0 Å². The van der Waals surface area contributed by atoms with Gasteiger partial charge in [0, 0.05) is 12.2 Å². The zero-order valence-electron chi connectivity index (χ0n) is 14.9. The van der Waals surface area contributed by atoms with Gasteiger partial charge in [-0.05, 0) is 53.6 Å². The van der Waals surface area contributed by atoms with Crippen LogP contribution in [0.5, 0.6) is 11.5 Å². The number of hydrogen-bond acceptors (Lipinski definition) is 3. The smallest absolute Gasteiger partial charge is 0.161 e. The summed E-state index contributed by atoms with van der Waals surface area (Å²) in [6.45, 7) is 0.852. The SMILES string of the molecule is COc1cc(CNc2ccc(F)c(Cl)c2)ccc1OCc1ccc(Cl)c(Cl)c1. The van der Waals surface area contributed by atoms with Gasteiger partial charge in [-0.25, -0.2) is 4.39 Å². The molecule has 0 saturated heterocycles. The van der Waals surface area contributed by atoms with Crippen molar-refractivity contribution < 1.29 is 13.9 Å². The summed E-state index contributed by atoms with van der Waals surface area (Å²) >= 11 is 17.8. The van der Waals surface area contributed by atoms with Gasteiger partial charge in [-0.15, -0.1) is 0 Å². The van der Waals surface area contributed by atoms with Crippen LogP contribution in [-0.4, -0.2) is 7.11 Å². The second-order valence-electron chi connectivity index (χ2n) is 6.00. The van der Waals surface area contributed by atoms with Crippen LogP contribution in [0.1, 0.15) is 11.1 Å². The van der Waals surface area contributed by atoms with Crippen molar-refractivity contribution in [2.45, 2.75) is 13.2 Å². The average molecular weight is 441 g/mol. The standard InChI is InChI=1S/C21H17Cl3FNO2/c1-27-21-9-13(11-26-15-4-6-19(25)18(24)10-15)3-7-20(21)28-12-14-2-5-16(22)17(23)8-14/h2-10,26H,11-12H2,1H3. The van der Waals surface area contributed by atoms with Crippen LogP contribution >= 0.6 is 34.8 Å². The van der Waals surface area contributed by atoms with Crippen molar-refractivity contribution in [1.29, 1.82) is 0 Å². The summed E-state index contributed by atoms with van der Waals surface area (Å²) in [6, 6.07) is 15.5. The quantitative estimate of drug-likeness (QED) is 0.429. The zero-order chi connectivity index (χ0) is 20.1. The van der Waals surface area contributed by atoms with Crippen LogP contribution in [-0.2, 0) is 13.2 Å². The number of nitrogens with one attached hydrogen (secondary N) is 1. The lowest BCUT2D eigenvalue weighted by Crippen LogP contribution is -2.02. The molecule has 0 bridgehead atoms. The Labute approximate surface area is 177 Å². The van der Waals surface area contributed by atoms with Crippen LogP contribution < -0.4 is 14.8 Å². The Morgan fingerprint density at radius 2 is 1.61 bits per heavy atom. The van der Waals surface area contributed by atoms with Gasteiger partial charge < -0.3 is 14.8 Å². The summed E-state index contributed by atoms with van der Waals surface area (Å²) in [5.41, 5.74) is 2.60. The Morgan fingerprint density at radius 3 is 2.32 bits per heavy atom. The third-order valence-electron chi connectivity index (χ3n) is 4.02. The molecule has 0 aliphatic heterocycles. The highest BCUT2D eigenvalue weighted by Crippen LogP contribution is 2.30. The number of anilines is 1. The van der Waals surface area contributed by atoms with Gasteiger partial charge in [0.15, 0.2) is 11.5 Å². The van der Waals surface area contributed by atoms with Crippen molar-refractivity contribution in [3.63, 3.8) is 0 Å². The Hall–Kier alpha value is -2.14. The van der Waals surface area contributed by atoms with E-state index in [4.69, 9.17) is 44.3 Å². The van der Waals surface area contributed by atoms with Crippen LogP contribution in [0.3, 0.4) is 0 Å². The highest BCUT2D eigenvalue weighted by molar-refractivity contribution is 6.42. The van der Waals surface area contributed by atoms with Gasteiger partial charge in [-0.3, -0.25) is 0 Å². The number of rotatable bonds is 7. The van der Waals surface area contributed by atoms with Gasteiger partial charge in [0.1, 0.15) is 12.4 Å². The van der Waals surface area contributed by atoms with E-state index in [2.05, 4.69) is 5.32 Å². The van der Waals surface area contributed by atoms with Gasteiger partial charge in [-0.1, -0.05) is 46.9 Å². The Kier molecular flexibility index (Phi) is 6.89. The Morgan fingerprint density at radius 1 is 0.821 bits per heavy atom. The van der Waals surface area contributed by atoms with Gasteiger partial charge >= 0.3 is 0 Å². The molecule has 0 amide bonds. The summed E-state index contributed by atoms with van der Waals surface area (Å²) < 4.78 is 24.5. The molecule has 3 nitrogen and oxygen atoms in total. The van der Waals surface area contributed by atoms with Gasteiger partial charge in [0.05, 0.1) is 22.2 Å². The van der Waals surface area contributed by atoms with Crippen LogP contribution in [0.2, 0.25) is 15.1 Å². The molecular weight excluding hydrogens is 424 g/mol. The Balaban J connectivity index is 1.65. The average Bonchev–Trinajstić information content (AvgIpc) is 2.70. The molecule has 0 unspecified atom stereocenters. The largest absolute Gasteiger partial charge is 0.493 e. The molecule has 0 heterocycles. The summed E-state index contributed by atoms with van der Waals surface area (Å²) in [5, 5.41) is 4.26. The first-order valence-corrected chi connectivity index (χ1v) is 9.52. The van der Waals surface area contributed by atoms with Crippen molar-refractivity contribution in [3.8, 4) is 11.5 Å². The summed E-state index contributed by atoms with van der Waals surface area (Å²) in [5.74, 6) is 0.774.